The molecule has 1 atom stereocenters. The molecule has 1 aliphatic carbocycles. The van der Waals surface area contributed by atoms with E-state index in [4.69, 9.17) is 10.2 Å². The van der Waals surface area contributed by atoms with Crippen LogP contribution >= 0.6 is 0 Å². The second kappa shape index (κ2) is 2.63. The van der Waals surface area contributed by atoms with Gasteiger partial charge in [-0.1, -0.05) is 13.8 Å². The van der Waals surface area contributed by atoms with E-state index in [1.165, 1.54) is 12.0 Å². The first kappa shape index (κ1) is 9.78. The van der Waals surface area contributed by atoms with Crippen LogP contribution in [0.1, 0.15) is 37.4 Å². The minimum absolute atomic E-state index is 0.175. The second-order valence-corrected chi connectivity index (χ2v) is 5.17. The monoisotopic (exact) mass is 193 g/mol. The van der Waals surface area contributed by atoms with E-state index in [0.717, 1.165) is 18.1 Å². The van der Waals surface area contributed by atoms with Gasteiger partial charge < -0.3 is 10.2 Å². The van der Waals surface area contributed by atoms with E-state index in [1.807, 2.05) is 13.8 Å². The number of aryl methyl sites for hydroxylation is 2. The molecule has 1 aliphatic rings. The van der Waals surface area contributed by atoms with Crippen molar-refractivity contribution in [3.8, 4) is 0 Å². The van der Waals surface area contributed by atoms with Gasteiger partial charge in [0.2, 0.25) is 0 Å². The van der Waals surface area contributed by atoms with Crippen LogP contribution in [0.5, 0.6) is 0 Å². The molecular weight excluding hydrogens is 174 g/mol. The van der Waals surface area contributed by atoms with Crippen molar-refractivity contribution in [2.24, 2.45) is 11.1 Å². The molecule has 1 aromatic heterocycles. The maximum atomic E-state index is 5.91. The average Bonchev–Trinajstić information content (AvgIpc) is 2.48. The summed E-state index contributed by atoms with van der Waals surface area (Å²) in [6, 6.07) is 2.15. The molecule has 1 heterocycles. The molecule has 14 heavy (non-hydrogen) atoms. The van der Waals surface area contributed by atoms with Crippen LogP contribution in [0.2, 0.25) is 0 Å². The number of nitrogens with two attached hydrogens (primary N) is 1. The first-order chi connectivity index (χ1) is 6.43. The third-order valence-electron chi connectivity index (χ3n) is 3.82. The molecule has 1 fully saturated rings. The largest absolute Gasteiger partial charge is 0.466 e. The van der Waals surface area contributed by atoms with Gasteiger partial charge in [-0.15, -0.1) is 0 Å². The first-order valence-electron chi connectivity index (χ1n) is 5.20. The zero-order valence-corrected chi connectivity index (χ0v) is 9.48. The van der Waals surface area contributed by atoms with Crippen molar-refractivity contribution in [2.75, 3.05) is 6.54 Å². The molecule has 1 saturated carbocycles. The SMILES string of the molecule is Cc1cc(C2(CN)CC2(C)C)c(C)o1. The summed E-state index contributed by atoms with van der Waals surface area (Å²) >= 11 is 0. The quantitative estimate of drug-likeness (QED) is 0.784. The fourth-order valence-electron chi connectivity index (χ4n) is 2.73. The van der Waals surface area contributed by atoms with Gasteiger partial charge >= 0.3 is 0 Å². The maximum absolute atomic E-state index is 5.91. The fraction of sp³-hybridized carbons (Fsp3) is 0.667. The van der Waals surface area contributed by atoms with Gasteiger partial charge in [-0.3, -0.25) is 0 Å². The number of furan rings is 1. The molecule has 0 spiro atoms. The molecule has 2 nitrogen and oxygen atoms in total. The van der Waals surface area contributed by atoms with Gasteiger partial charge in [0.25, 0.3) is 0 Å². The molecule has 78 valence electrons. The first-order valence-corrected chi connectivity index (χ1v) is 5.20. The molecule has 0 radical (unpaired) electrons. The van der Waals surface area contributed by atoms with Crippen molar-refractivity contribution in [1.29, 1.82) is 0 Å². The summed E-state index contributed by atoms with van der Waals surface area (Å²) in [5.41, 5.74) is 7.75. The topological polar surface area (TPSA) is 39.2 Å². The Hall–Kier alpha value is -0.760. The molecule has 0 saturated heterocycles. The van der Waals surface area contributed by atoms with Crippen LogP contribution in [0.25, 0.3) is 0 Å². The van der Waals surface area contributed by atoms with Crippen LogP contribution < -0.4 is 5.73 Å². The van der Waals surface area contributed by atoms with E-state index in [0.29, 0.717) is 5.41 Å². The highest BCUT2D eigenvalue weighted by molar-refractivity contribution is 5.40. The van der Waals surface area contributed by atoms with E-state index in [-0.39, 0.29) is 5.41 Å². The summed E-state index contributed by atoms with van der Waals surface area (Å²) in [6.07, 6.45) is 1.18. The maximum Gasteiger partial charge on any atom is 0.104 e. The Morgan fingerprint density at radius 3 is 2.29 bits per heavy atom. The van der Waals surface area contributed by atoms with Crippen molar-refractivity contribution in [2.45, 2.75) is 39.5 Å². The van der Waals surface area contributed by atoms with Crippen LogP contribution in [0.4, 0.5) is 0 Å². The molecule has 0 aromatic carbocycles. The van der Waals surface area contributed by atoms with Gasteiger partial charge in [0.1, 0.15) is 11.5 Å². The lowest BCUT2D eigenvalue weighted by Gasteiger charge is -2.17. The van der Waals surface area contributed by atoms with E-state index in [2.05, 4.69) is 19.9 Å². The smallest absolute Gasteiger partial charge is 0.104 e. The molecular formula is C12H19NO. The van der Waals surface area contributed by atoms with Crippen molar-refractivity contribution < 1.29 is 4.42 Å². The summed E-state index contributed by atoms with van der Waals surface area (Å²) in [7, 11) is 0. The Balaban J connectivity index is 2.45. The van der Waals surface area contributed by atoms with Gasteiger partial charge in [0.15, 0.2) is 0 Å². The lowest BCUT2D eigenvalue weighted by Crippen LogP contribution is -2.25. The number of hydrogen-bond acceptors (Lipinski definition) is 2. The molecule has 2 N–H and O–H groups in total. The second-order valence-electron chi connectivity index (χ2n) is 5.17. The lowest BCUT2D eigenvalue weighted by atomic mass is 9.88. The lowest BCUT2D eigenvalue weighted by molar-refractivity contribution is 0.470. The fourth-order valence-corrected chi connectivity index (χ4v) is 2.73. The zero-order chi connectivity index (χ0) is 10.6. The highest BCUT2D eigenvalue weighted by Crippen LogP contribution is 2.64. The van der Waals surface area contributed by atoms with E-state index < -0.39 is 0 Å². The van der Waals surface area contributed by atoms with Gasteiger partial charge in [0, 0.05) is 17.5 Å². The van der Waals surface area contributed by atoms with Crippen LogP contribution in [0.15, 0.2) is 10.5 Å². The van der Waals surface area contributed by atoms with Gasteiger partial charge in [-0.05, 0) is 31.7 Å². The van der Waals surface area contributed by atoms with Crippen LogP contribution in [-0.2, 0) is 5.41 Å². The van der Waals surface area contributed by atoms with E-state index in [9.17, 15) is 0 Å². The summed E-state index contributed by atoms with van der Waals surface area (Å²) in [6.45, 7) is 9.31. The standard InChI is InChI=1S/C12H19NO/c1-8-5-10(9(2)14-8)12(7-13)6-11(12,3)4/h5H,6-7,13H2,1-4H3. The molecule has 2 rings (SSSR count). The summed E-state index contributed by atoms with van der Waals surface area (Å²) in [5.74, 6) is 2.03. The minimum Gasteiger partial charge on any atom is -0.466 e. The molecule has 2 heteroatoms. The Morgan fingerprint density at radius 2 is 2.00 bits per heavy atom. The Morgan fingerprint density at radius 1 is 1.43 bits per heavy atom. The highest BCUT2D eigenvalue weighted by atomic mass is 16.3. The highest BCUT2D eigenvalue weighted by Gasteiger charge is 2.62. The van der Waals surface area contributed by atoms with Crippen molar-refractivity contribution in [3.63, 3.8) is 0 Å². The van der Waals surface area contributed by atoms with Gasteiger partial charge in [-0.25, -0.2) is 0 Å². The van der Waals surface area contributed by atoms with E-state index in [1.54, 1.807) is 0 Å². The number of rotatable bonds is 2. The molecule has 0 bridgehead atoms. The zero-order valence-electron chi connectivity index (χ0n) is 9.48. The number of hydrogen-bond donors (Lipinski definition) is 1. The Labute approximate surface area is 85.5 Å². The van der Waals surface area contributed by atoms with Crippen LogP contribution in [0.3, 0.4) is 0 Å². The predicted molar refractivity (Wildman–Crippen MR) is 57.3 cm³/mol. The molecule has 0 amide bonds. The minimum atomic E-state index is 0.175. The van der Waals surface area contributed by atoms with E-state index >= 15 is 0 Å². The molecule has 0 aliphatic heterocycles. The third kappa shape index (κ3) is 1.07. The Kier molecular flexibility index (Phi) is 1.84. The van der Waals surface area contributed by atoms with Crippen molar-refractivity contribution in [1.82, 2.24) is 0 Å². The van der Waals surface area contributed by atoms with Crippen molar-refractivity contribution in [3.05, 3.63) is 23.2 Å². The summed E-state index contributed by atoms with van der Waals surface area (Å²) in [4.78, 5) is 0. The average molecular weight is 193 g/mol. The summed E-state index contributed by atoms with van der Waals surface area (Å²) < 4.78 is 5.58. The summed E-state index contributed by atoms with van der Waals surface area (Å²) in [5, 5.41) is 0. The van der Waals surface area contributed by atoms with Gasteiger partial charge in [0.05, 0.1) is 0 Å². The van der Waals surface area contributed by atoms with Gasteiger partial charge in [-0.2, -0.15) is 0 Å². The normalized spacial score (nSPS) is 29.2. The van der Waals surface area contributed by atoms with Crippen LogP contribution in [-0.4, -0.2) is 6.54 Å². The predicted octanol–water partition coefficient (Wildman–Crippen LogP) is 2.52. The third-order valence-corrected chi connectivity index (χ3v) is 3.82. The van der Waals surface area contributed by atoms with Crippen LogP contribution in [0, 0.1) is 19.3 Å². The molecule has 1 aromatic rings. The molecule has 1 unspecified atom stereocenters. The van der Waals surface area contributed by atoms with Crippen molar-refractivity contribution >= 4 is 0 Å². The Bertz CT molecular complexity index is 364.